The van der Waals surface area contributed by atoms with E-state index in [2.05, 4.69) is 25.6 Å². The van der Waals surface area contributed by atoms with Crippen LogP contribution in [-0.4, -0.2) is 30.3 Å². The van der Waals surface area contributed by atoms with Crippen LogP contribution in [0.4, 0.5) is 17.6 Å². The second-order valence-corrected chi connectivity index (χ2v) is 5.74. The van der Waals surface area contributed by atoms with Crippen molar-refractivity contribution in [2.45, 2.75) is 12.7 Å². The second-order valence-electron chi connectivity index (χ2n) is 5.74. The second kappa shape index (κ2) is 6.83. The highest BCUT2D eigenvalue weighted by atomic mass is 19.4. The van der Waals surface area contributed by atoms with E-state index < -0.39 is 11.7 Å². The molecule has 7 nitrogen and oxygen atoms in total. The maximum Gasteiger partial charge on any atom is 0.416 e. The zero-order valence-corrected chi connectivity index (χ0v) is 13.9. The number of nitrogens with zero attached hydrogens (tertiary/aromatic N) is 6. The number of tetrazole rings is 1. The molecule has 142 valence electrons. The number of hydrogen-bond donors (Lipinski definition) is 0. The van der Waals surface area contributed by atoms with Gasteiger partial charge in [0.25, 0.3) is 5.89 Å². The standard InChI is InChI=1S/C17H10F4N6O/c18-13-7-3-11(4-8-13)16-23-26-27(24-16)9-14-22-15(25-28-14)10-1-5-12(6-2-10)17(19,20)21/h1-8H,9H2. The Balaban J connectivity index is 1.49. The summed E-state index contributed by atoms with van der Waals surface area (Å²) in [6.07, 6.45) is -4.41. The van der Waals surface area contributed by atoms with Crippen LogP contribution in [0, 0.1) is 5.82 Å². The van der Waals surface area contributed by atoms with Gasteiger partial charge in [0.1, 0.15) is 12.4 Å². The van der Waals surface area contributed by atoms with Crippen molar-refractivity contribution < 1.29 is 22.1 Å². The molecule has 0 aliphatic rings. The molecule has 2 aromatic heterocycles. The van der Waals surface area contributed by atoms with Gasteiger partial charge in [-0.15, -0.1) is 10.2 Å². The zero-order valence-electron chi connectivity index (χ0n) is 13.9. The molecular formula is C17H10F4N6O. The first-order valence-electron chi connectivity index (χ1n) is 7.92. The number of halogens is 4. The Morgan fingerprint density at radius 3 is 2.21 bits per heavy atom. The maximum absolute atomic E-state index is 13.0. The Morgan fingerprint density at radius 1 is 0.893 bits per heavy atom. The Labute approximate surface area is 154 Å². The monoisotopic (exact) mass is 390 g/mol. The summed E-state index contributed by atoms with van der Waals surface area (Å²) < 4.78 is 55.9. The quantitative estimate of drug-likeness (QED) is 0.495. The van der Waals surface area contributed by atoms with E-state index in [1.165, 1.54) is 41.2 Å². The van der Waals surface area contributed by atoms with E-state index in [1.54, 1.807) is 0 Å². The SMILES string of the molecule is Fc1ccc(-c2nnn(Cc3nc(-c4ccc(C(F)(F)F)cc4)no3)n2)cc1. The highest BCUT2D eigenvalue weighted by Gasteiger charge is 2.30. The van der Waals surface area contributed by atoms with Gasteiger partial charge in [-0.2, -0.15) is 23.0 Å². The molecule has 28 heavy (non-hydrogen) atoms. The molecule has 0 atom stereocenters. The lowest BCUT2D eigenvalue weighted by Gasteiger charge is -2.05. The Hall–Kier alpha value is -3.63. The Kier molecular flexibility index (Phi) is 4.34. The van der Waals surface area contributed by atoms with Crippen LogP contribution in [-0.2, 0) is 12.7 Å². The summed E-state index contributed by atoms with van der Waals surface area (Å²) in [5.41, 5.74) is 0.199. The van der Waals surface area contributed by atoms with Crippen LogP contribution in [0.25, 0.3) is 22.8 Å². The molecule has 0 spiro atoms. The highest BCUT2D eigenvalue weighted by molar-refractivity contribution is 5.55. The lowest BCUT2D eigenvalue weighted by atomic mass is 10.1. The lowest BCUT2D eigenvalue weighted by Crippen LogP contribution is -2.04. The van der Waals surface area contributed by atoms with Gasteiger partial charge in [0.05, 0.1) is 5.56 Å². The van der Waals surface area contributed by atoms with E-state index in [0.717, 1.165) is 12.1 Å². The van der Waals surface area contributed by atoms with E-state index >= 15 is 0 Å². The molecular weight excluding hydrogens is 380 g/mol. The molecule has 0 amide bonds. The summed E-state index contributed by atoms with van der Waals surface area (Å²) >= 11 is 0. The van der Waals surface area contributed by atoms with Crippen LogP contribution >= 0.6 is 0 Å². The van der Waals surface area contributed by atoms with Crippen LogP contribution < -0.4 is 0 Å². The topological polar surface area (TPSA) is 82.5 Å². The predicted octanol–water partition coefficient (Wildman–Crippen LogP) is 3.60. The number of hydrogen-bond acceptors (Lipinski definition) is 6. The van der Waals surface area contributed by atoms with Crippen molar-refractivity contribution in [3.63, 3.8) is 0 Å². The average molecular weight is 390 g/mol. The maximum atomic E-state index is 13.0. The van der Waals surface area contributed by atoms with Gasteiger partial charge in [0.2, 0.25) is 11.6 Å². The van der Waals surface area contributed by atoms with Gasteiger partial charge >= 0.3 is 6.18 Å². The normalized spacial score (nSPS) is 11.7. The van der Waals surface area contributed by atoms with Gasteiger partial charge in [-0.25, -0.2) is 4.39 Å². The molecule has 11 heteroatoms. The Bertz CT molecular complexity index is 1090. The molecule has 0 aliphatic heterocycles. The molecule has 0 saturated carbocycles. The predicted molar refractivity (Wildman–Crippen MR) is 87.0 cm³/mol. The molecule has 4 rings (SSSR count). The largest absolute Gasteiger partial charge is 0.416 e. The third-order valence-electron chi connectivity index (χ3n) is 3.77. The molecule has 2 heterocycles. The van der Waals surface area contributed by atoms with Crippen LogP contribution in [0.5, 0.6) is 0 Å². The van der Waals surface area contributed by atoms with Crippen LogP contribution in [0.2, 0.25) is 0 Å². The molecule has 2 aromatic carbocycles. The summed E-state index contributed by atoms with van der Waals surface area (Å²) in [5, 5.41) is 15.6. The molecule has 0 radical (unpaired) electrons. The zero-order chi connectivity index (χ0) is 19.7. The number of aromatic nitrogens is 6. The summed E-state index contributed by atoms with van der Waals surface area (Å²) in [6, 6.07) is 10.0. The van der Waals surface area contributed by atoms with Gasteiger partial charge in [0.15, 0.2) is 0 Å². The minimum absolute atomic E-state index is 0.0157. The van der Waals surface area contributed by atoms with Crippen molar-refractivity contribution in [3.05, 3.63) is 65.8 Å². The van der Waals surface area contributed by atoms with E-state index in [4.69, 9.17) is 4.52 Å². The van der Waals surface area contributed by atoms with Crippen molar-refractivity contribution >= 4 is 0 Å². The molecule has 0 aliphatic carbocycles. The molecule has 0 bridgehead atoms. The summed E-state index contributed by atoms with van der Waals surface area (Å²) in [4.78, 5) is 5.34. The van der Waals surface area contributed by atoms with Crippen LogP contribution in [0.3, 0.4) is 0 Å². The van der Waals surface area contributed by atoms with Gasteiger partial charge in [-0.05, 0) is 41.6 Å². The van der Waals surface area contributed by atoms with Gasteiger partial charge in [-0.1, -0.05) is 17.3 Å². The summed E-state index contributed by atoms with van der Waals surface area (Å²) in [6.45, 7) is 0.0157. The third kappa shape index (κ3) is 3.72. The fourth-order valence-corrected chi connectivity index (χ4v) is 2.39. The molecule has 0 fully saturated rings. The third-order valence-corrected chi connectivity index (χ3v) is 3.77. The van der Waals surface area contributed by atoms with Crippen molar-refractivity contribution in [2.75, 3.05) is 0 Å². The van der Waals surface area contributed by atoms with Crippen LogP contribution in [0.15, 0.2) is 53.1 Å². The first kappa shape index (κ1) is 17.8. The summed E-state index contributed by atoms with van der Waals surface area (Å²) in [7, 11) is 0. The number of rotatable bonds is 4. The van der Waals surface area contributed by atoms with Crippen molar-refractivity contribution in [1.29, 1.82) is 0 Å². The lowest BCUT2D eigenvalue weighted by molar-refractivity contribution is -0.137. The fourth-order valence-electron chi connectivity index (χ4n) is 2.39. The minimum atomic E-state index is -4.41. The smallest absolute Gasteiger partial charge is 0.337 e. The van der Waals surface area contributed by atoms with Gasteiger partial charge in [-0.3, -0.25) is 0 Å². The Morgan fingerprint density at radius 2 is 1.54 bits per heavy atom. The highest BCUT2D eigenvalue weighted by Crippen LogP contribution is 2.30. The number of benzene rings is 2. The molecule has 0 saturated heterocycles. The average Bonchev–Trinajstić information content (AvgIpc) is 3.32. The fraction of sp³-hybridized carbons (Fsp3) is 0.118. The van der Waals surface area contributed by atoms with Crippen molar-refractivity contribution in [1.82, 2.24) is 30.3 Å². The molecule has 4 aromatic rings. The van der Waals surface area contributed by atoms with Crippen LogP contribution in [0.1, 0.15) is 11.5 Å². The van der Waals surface area contributed by atoms with E-state index in [1.807, 2.05) is 0 Å². The molecule has 0 N–H and O–H groups in total. The molecule has 0 unspecified atom stereocenters. The summed E-state index contributed by atoms with van der Waals surface area (Å²) in [5.74, 6) is 0.209. The minimum Gasteiger partial charge on any atom is -0.337 e. The number of alkyl halides is 3. The van der Waals surface area contributed by atoms with E-state index in [9.17, 15) is 17.6 Å². The van der Waals surface area contributed by atoms with Crippen molar-refractivity contribution in [2.24, 2.45) is 0 Å². The van der Waals surface area contributed by atoms with Gasteiger partial charge in [0, 0.05) is 11.1 Å². The van der Waals surface area contributed by atoms with Gasteiger partial charge < -0.3 is 4.52 Å². The van der Waals surface area contributed by atoms with E-state index in [-0.39, 0.29) is 24.1 Å². The first-order chi connectivity index (χ1) is 13.4. The van der Waals surface area contributed by atoms with Crippen molar-refractivity contribution in [3.8, 4) is 22.8 Å². The van der Waals surface area contributed by atoms with E-state index in [0.29, 0.717) is 17.0 Å². The first-order valence-corrected chi connectivity index (χ1v) is 7.92.